The molecule has 0 aliphatic heterocycles. The molecule has 98 valence electrons. The van der Waals surface area contributed by atoms with E-state index < -0.39 is 17.8 Å². The van der Waals surface area contributed by atoms with Crippen LogP contribution in [0.5, 0.6) is 0 Å². The Morgan fingerprint density at radius 1 is 1.21 bits per heavy atom. The maximum atomic E-state index is 13.6. The summed E-state index contributed by atoms with van der Waals surface area (Å²) in [6, 6.07) is 12.8. The van der Waals surface area contributed by atoms with Crippen LogP contribution in [0.1, 0.15) is 17.2 Å². The first-order valence-electron chi connectivity index (χ1n) is 5.95. The van der Waals surface area contributed by atoms with Crippen LogP contribution >= 0.6 is 0 Å². The lowest BCUT2D eigenvalue weighted by molar-refractivity contribution is -0.117. The van der Waals surface area contributed by atoms with E-state index in [1.54, 1.807) is 37.3 Å². The van der Waals surface area contributed by atoms with Gasteiger partial charge in [-0.05, 0) is 30.2 Å². The second kappa shape index (κ2) is 5.63. The largest absolute Gasteiger partial charge is 0.322 e. The van der Waals surface area contributed by atoms with Crippen LogP contribution in [0.2, 0.25) is 0 Å². The molecule has 2 rings (SSSR count). The van der Waals surface area contributed by atoms with E-state index in [0.29, 0.717) is 5.56 Å². The second-order valence-electron chi connectivity index (χ2n) is 4.36. The van der Waals surface area contributed by atoms with Gasteiger partial charge in [0, 0.05) is 0 Å². The number of rotatable bonds is 3. The van der Waals surface area contributed by atoms with Gasteiger partial charge in [-0.3, -0.25) is 4.79 Å². The monoisotopic (exact) mass is 258 g/mol. The van der Waals surface area contributed by atoms with Gasteiger partial charge in [0.2, 0.25) is 5.91 Å². The lowest BCUT2D eigenvalue weighted by Crippen LogP contribution is -2.28. The van der Waals surface area contributed by atoms with Crippen molar-refractivity contribution >= 4 is 11.6 Å². The number of anilines is 1. The van der Waals surface area contributed by atoms with Crippen molar-refractivity contribution in [3.05, 3.63) is 65.5 Å². The summed E-state index contributed by atoms with van der Waals surface area (Å²) >= 11 is 0. The van der Waals surface area contributed by atoms with Crippen LogP contribution in [0.3, 0.4) is 0 Å². The number of nitrogens with two attached hydrogens (primary N) is 1. The maximum Gasteiger partial charge on any atom is 0.245 e. The average Bonchev–Trinajstić information content (AvgIpc) is 2.42. The molecular formula is C15H15FN2O. The Kier molecular flexibility index (Phi) is 3.92. The first kappa shape index (κ1) is 13.2. The Balaban J connectivity index is 2.13. The van der Waals surface area contributed by atoms with E-state index in [0.717, 1.165) is 5.56 Å². The van der Waals surface area contributed by atoms with E-state index in [-0.39, 0.29) is 5.69 Å². The summed E-state index contributed by atoms with van der Waals surface area (Å²) in [6.07, 6.45) is 0. The molecule has 0 heterocycles. The van der Waals surface area contributed by atoms with Crippen molar-refractivity contribution in [2.45, 2.75) is 13.0 Å². The molecule has 0 saturated heterocycles. The normalized spacial score (nSPS) is 11.9. The number of carbonyl (C=O) groups excluding carboxylic acids is 1. The molecule has 3 N–H and O–H groups in total. The number of aryl methyl sites for hydroxylation is 1. The second-order valence-corrected chi connectivity index (χ2v) is 4.36. The van der Waals surface area contributed by atoms with Crippen molar-refractivity contribution in [2.75, 3.05) is 5.32 Å². The Hall–Kier alpha value is -2.20. The lowest BCUT2D eigenvalue weighted by atomic mass is 10.1. The minimum Gasteiger partial charge on any atom is -0.322 e. The average molecular weight is 258 g/mol. The third-order valence-electron chi connectivity index (χ3n) is 2.82. The van der Waals surface area contributed by atoms with E-state index >= 15 is 0 Å². The van der Waals surface area contributed by atoms with E-state index in [2.05, 4.69) is 5.32 Å². The molecular weight excluding hydrogens is 243 g/mol. The Bertz CT molecular complexity index is 584. The van der Waals surface area contributed by atoms with Gasteiger partial charge in [-0.1, -0.05) is 36.4 Å². The highest BCUT2D eigenvalue weighted by Gasteiger charge is 2.16. The van der Waals surface area contributed by atoms with Crippen LogP contribution in [0.25, 0.3) is 0 Å². The number of nitrogens with one attached hydrogen (secondary N) is 1. The zero-order chi connectivity index (χ0) is 13.8. The number of halogens is 1. The molecule has 3 nitrogen and oxygen atoms in total. The molecule has 0 fully saturated rings. The fraction of sp³-hybridized carbons (Fsp3) is 0.133. The Labute approximate surface area is 111 Å². The molecule has 1 amide bonds. The van der Waals surface area contributed by atoms with Crippen LogP contribution < -0.4 is 11.1 Å². The summed E-state index contributed by atoms with van der Waals surface area (Å²) < 4.78 is 13.6. The van der Waals surface area contributed by atoms with Gasteiger partial charge in [0.15, 0.2) is 0 Å². The molecule has 0 aliphatic carbocycles. The topological polar surface area (TPSA) is 55.1 Å². The van der Waals surface area contributed by atoms with Crippen molar-refractivity contribution < 1.29 is 9.18 Å². The summed E-state index contributed by atoms with van der Waals surface area (Å²) in [6.45, 7) is 1.78. The van der Waals surface area contributed by atoms with Crippen molar-refractivity contribution in [3.8, 4) is 0 Å². The fourth-order valence-electron chi connectivity index (χ4n) is 1.74. The van der Waals surface area contributed by atoms with Crippen LogP contribution in [-0.4, -0.2) is 5.91 Å². The summed E-state index contributed by atoms with van der Waals surface area (Å²) in [5.41, 5.74) is 7.45. The van der Waals surface area contributed by atoms with Gasteiger partial charge in [0.05, 0.1) is 5.69 Å². The van der Waals surface area contributed by atoms with E-state index in [9.17, 15) is 9.18 Å². The number of amides is 1. The van der Waals surface area contributed by atoms with Crippen LogP contribution in [-0.2, 0) is 4.79 Å². The molecule has 0 aliphatic rings. The quantitative estimate of drug-likeness (QED) is 0.889. The van der Waals surface area contributed by atoms with Gasteiger partial charge in [0.25, 0.3) is 0 Å². The van der Waals surface area contributed by atoms with E-state index in [1.807, 2.05) is 6.07 Å². The molecule has 0 radical (unpaired) electrons. The molecule has 19 heavy (non-hydrogen) atoms. The first-order valence-corrected chi connectivity index (χ1v) is 5.95. The number of benzene rings is 2. The van der Waals surface area contributed by atoms with Crippen LogP contribution in [0.15, 0.2) is 48.5 Å². The number of carbonyl (C=O) groups is 1. The van der Waals surface area contributed by atoms with Gasteiger partial charge >= 0.3 is 0 Å². The maximum absolute atomic E-state index is 13.6. The highest BCUT2D eigenvalue weighted by molar-refractivity contribution is 5.95. The highest BCUT2D eigenvalue weighted by Crippen LogP contribution is 2.18. The predicted octanol–water partition coefficient (Wildman–Crippen LogP) is 2.77. The molecule has 2 aromatic rings. The summed E-state index contributed by atoms with van der Waals surface area (Å²) in [7, 11) is 0. The fourth-order valence-corrected chi connectivity index (χ4v) is 1.74. The lowest BCUT2D eigenvalue weighted by Gasteiger charge is -2.13. The minimum absolute atomic E-state index is 0.141. The number of hydrogen-bond acceptors (Lipinski definition) is 2. The number of hydrogen-bond donors (Lipinski definition) is 2. The molecule has 2 aromatic carbocycles. The molecule has 0 bridgehead atoms. The molecule has 1 unspecified atom stereocenters. The molecule has 0 saturated carbocycles. The van der Waals surface area contributed by atoms with Gasteiger partial charge < -0.3 is 11.1 Å². The summed E-state index contributed by atoms with van der Waals surface area (Å²) in [5.74, 6) is -0.900. The third-order valence-corrected chi connectivity index (χ3v) is 2.82. The minimum atomic E-state index is -0.818. The van der Waals surface area contributed by atoms with Gasteiger partial charge in [-0.2, -0.15) is 0 Å². The zero-order valence-corrected chi connectivity index (χ0v) is 10.6. The standard InChI is InChI=1S/C15H15FN2O/c1-10-7-8-13(12(16)9-10)18-15(19)14(17)11-5-3-2-4-6-11/h2-9,14H,17H2,1H3,(H,18,19). The van der Waals surface area contributed by atoms with Crippen molar-refractivity contribution in [1.29, 1.82) is 0 Å². The van der Waals surface area contributed by atoms with E-state index in [1.165, 1.54) is 12.1 Å². The third kappa shape index (κ3) is 3.17. The predicted molar refractivity (Wildman–Crippen MR) is 73.1 cm³/mol. The van der Waals surface area contributed by atoms with Gasteiger partial charge in [-0.15, -0.1) is 0 Å². The molecule has 0 spiro atoms. The van der Waals surface area contributed by atoms with Gasteiger partial charge in [-0.25, -0.2) is 4.39 Å². The van der Waals surface area contributed by atoms with Crippen molar-refractivity contribution in [1.82, 2.24) is 0 Å². The van der Waals surface area contributed by atoms with Crippen LogP contribution in [0, 0.1) is 12.7 Å². The molecule has 4 heteroatoms. The Morgan fingerprint density at radius 3 is 2.53 bits per heavy atom. The highest BCUT2D eigenvalue weighted by atomic mass is 19.1. The summed E-state index contributed by atoms with van der Waals surface area (Å²) in [5, 5.41) is 2.50. The zero-order valence-electron chi connectivity index (χ0n) is 10.6. The summed E-state index contributed by atoms with van der Waals surface area (Å²) in [4.78, 5) is 11.9. The van der Waals surface area contributed by atoms with Gasteiger partial charge in [0.1, 0.15) is 11.9 Å². The Morgan fingerprint density at radius 2 is 1.89 bits per heavy atom. The first-order chi connectivity index (χ1) is 9.08. The molecule has 1 atom stereocenters. The smallest absolute Gasteiger partial charge is 0.245 e. The van der Waals surface area contributed by atoms with Crippen LogP contribution in [0.4, 0.5) is 10.1 Å². The van der Waals surface area contributed by atoms with Crippen molar-refractivity contribution in [3.63, 3.8) is 0 Å². The molecule has 0 aromatic heterocycles. The van der Waals surface area contributed by atoms with E-state index in [4.69, 9.17) is 5.73 Å². The SMILES string of the molecule is Cc1ccc(NC(=O)C(N)c2ccccc2)c(F)c1. The van der Waals surface area contributed by atoms with Crippen molar-refractivity contribution in [2.24, 2.45) is 5.73 Å².